The third-order valence-corrected chi connectivity index (χ3v) is 3.18. The first-order valence-electron chi connectivity index (χ1n) is 7.22. The normalized spacial score (nSPS) is 10.3. The second kappa shape index (κ2) is 8.39. The Morgan fingerprint density at radius 1 is 1.00 bits per heavy atom. The van der Waals surface area contributed by atoms with Gasteiger partial charge in [-0.15, -0.1) is 0 Å². The first kappa shape index (κ1) is 17.9. The number of amides is 2. The third kappa shape index (κ3) is 5.00. The number of esters is 1. The maximum absolute atomic E-state index is 13.4. The van der Waals surface area contributed by atoms with E-state index < -0.39 is 23.6 Å². The highest BCUT2D eigenvalue weighted by atomic mass is 19.1. The molecule has 0 spiro atoms. The van der Waals surface area contributed by atoms with E-state index in [1.807, 2.05) is 0 Å². The Labute approximate surface area is 143 Å². The monoisotopic (exact) mass is 342 g/mol. The molecule has 0 aliphatic heterocycles. The van der Waals surface area contributed by atoms with Crippen LogP contribution in [-0.2, 0) is 9.53 Å². The molecule has 0 fully saturated rings. The Morgan fingerprint density at radius 2 is 1.68 bits per heavy atom. The number of carbonyl (C=O) groups excluding carboxylic acids is 3. The van der Waals surface area contributed by atoms with E-state index >= 15 is 0 Å². The second-order valence-corrected chi connectivity index (χ2v) is 4.87. The lowest BCUT2D eigenvalue weighted by atomic mass is 10.1. The lowest BCUT2D eigenvalue weighted by Crippen LogP contribution is -2.41. The van der Waals surface area contributed by atoms with Gasteiger partial charge < -0.3 is 4.74 Å². The highest BCUT2D eigenvalue weighted by Gasteiger charge is 2.10. The van der Waals surface area contributed by atoms with Crippen LogP contribution in [0.4, 0.5) is 4.39 Å². The molecule has 0 aromatic heterocycles. The third-order valence-electron chi connectivity index (χ3n) is 3.18. The second-order valence-electron chi connectivity index (χ2n) is 4.87. The van der Waals surface area contributed by atoms with Gasteiger partial charge in [0.1, 0.15) is 5.82 Å². The predicted molar refractivity (Wildman–Crippen MR) is 88.8 cm³/mol. The molecule has 0 heterocycles. The van der Waals surface area contributed by atoms with Crippen LogP contribution in [0, 0.1) is 5.82 Å². The van der Waals surface area contributed by atoms with Gasteiger partial charge in [0.05, 0.1) is 18.2 Å². The molecule has 25 heavy (non-hydrogen) atoms. The first-order valence-corrected chi connectivity index (χ1v) is 7.22. The van der Waals surface area contributed by atoms with Gasteiger partial charge in [0.15, 0.2) is 0 Å². The Hall–Kier alpha value is -3.48. The maximum atomic E-state index is 13.4. The van der Waals surface area contributed by atoms with Gasteiger partial charge in [0.25, 0.3) is 11.8 Å². The molecular formula is C18H15FN2O4. The van der Waals surface area contributed by atoms with E-state index in [1.54, 1.807) is 24.3 Å². The van der Waals surface area contributed by atoms with Crippen molar-refractivity contribution in [2.45, 2.75) is 0 Å². The fraction of sp³-hybridized carbons (Fsp3) is 0.0556. The van der Waals surface area contributed by atoms with Crippen LogP contribution < -0.4 is 10.9 Å². The molecule has 6 nitrogen and oxygen atoms in total. The summed E-state index contributed by atoms with van der Waals surface area (Å²) in [4.78, 5) is 34.7. The highest BCUT2D eigenvalue weighted by molar-refractivity contribution is 5.98. The number of hydrogen-bond donors (Lipinski definition) is 2. The van der Waals surface area contributed by atoms with Crippen molar-refractivity contribution in [1.29, 1.82) is 0 Å². The van der Waals surface area contributed by atoms with Crippen LogP contribution in [0.15, 0.2) is 54.6 Å². The van der Waals surface area contributed by atoms with Crippen molar-refractivity contribution >= 4 is 23.9 Å². The van der Waals surface area contributed by atoms with E-state index in [0.29, 0.717) is 11.1 Å². The lowest BCUT2D eigenvalue weighted by Gasteiger charge is -2.05. The molecule has 0 saturated carbocycles. The minimum atomic E-state index is -0.762. The van der Waals surface area contributed by atoms with Gasteiger partial charge in [-0.25, -0.2) is 9.18 Å². The van der Waals surface area contributed by atoms with E-state index in [0.717, 1.165) is 6.07 Å². The maximum Gasteiger partial charge on any atom is 0.337 e. The number of carbonyl (C=O) groups is 3. The summed E-state index contributed by atoms with van der Waals surface area (Å²) < 4.78 is 18.0. The van der Waals surface area contributed by atoms with E-state index in [4.69, 9.17) is 0 Å². The lowest BCUT2D eigenvalue weighted by molar-refractivity contribution is -0.117. The summed E-state index contributed by atoms with van der Waals surface area (Å²) in [6.45, 7) is 0. The Morgan fingerprint density at radius 3 is 2.32 bits per heavy atom. The molecule has 2 amide bonds. The number of ether oxygens (including phenoxy) is 1. The van der Waals surface area contributed by atoms with Crippen LogP contribution >= 0.6 is 0 Å². The summed E-state index contributed by atoms with van der Waals surface area (Å²) in [5.41, 5.74) is 5.15. The van der Waals surface area contributed by atoms with Crippen molar-refractivity contribution in [2.24, 2.45) is 0 Å². The summed E-state index contributed by atoms with van der Waals surface area (Å²) in [5, 5.41) is 0. The first-order chi connectivity index (χ1) is 12.0. The fourth-order valence-corrected chi connectivity index (χ4v) is 1.89. The van der Waals surface area contributed by atoms with Gasteiger partial charge in [0, 0.05) is 6.08 Å². The largest absolute Gasteiger partial charge is 0.465 e. The Balaban J connectivity index is 1.89. The smallest absolute Gasteiger partial charge is 0.337 e. The van der Waals surface area contributed by atoms with Gasteiger partial charge in [-0.1, -0.05) is 24.3 Å². The number of methoxy groups -OCH3 is 1. The molecule has 7 heteroatoms. The number of benzene rings is 2. The van der Waals surface area contributed by atoms with Gasteiger partial charge in [0.2, 0.25) is 0 Å². The zero-order valence-corrected chi connectivity index (χ0v) is 13.3. The van der Waals surface area contributed by atoms with Crippen molar-refractivity contribution in [3.63, 3.8) is 0 Å². The molecule has 2 rings (SSSR count). The molecule has 0 aliphatic carbocycles. The SMILES string of the molecule is COC(=O)c1ccc(/C=C/C(=O)NNC(=O)c2ccccc2F)cc1. The van der Waals surface area contributed by atoms with Crippen molar-refractivity contribution < 1.29 is 23.5 Å². The number of hydrazine groups is 1. The summed E-state index contributed by atoms with van der Waals surface area (Å²) in [5.74, 6) is -2.50. The number of hydrogen-bond acceptors (Lipinski definition) is 4. The summed E-state index contributed by atoms with van der Waals surface area (Å²) in [7, 11) is 1.29. The molecule has 0 unspecified atom stereocenters. The van der Waals surface area contributed by atoms with E-state index in [2.05, 4.69) is 15.6 Å². The molecule has 2 aromatic rings. The molecule has 0 aliphatic rings. The highest BCUT2D eigenvalue weighted by Crippen LogP contribution is 2.07. The Kier molecular flexibility index (Phi) is 6.00. The van der Waals surface area contributed by atoms with Crippen molar-refractivity contribution in [2.75, 3.05) is 7.11 Å². The van der Waals surface area contributed by atoms with Crippen molar-refractivity contribution in [1.82, 2.24) is 10.9 Å². The zero-order chi connectivity index (χ0) is 18.2. The van der Waals surface area contributed by atoms with E-state index in [1.165, 1.54) is 37.5 Å². The molecular weight excluding hydrogens is 327 g/mol. The van der Waals surface area contributed by atoms with Crippen LogP contribution in [0.25, 0.3) is 6.08 Å². The number of halogens is 1. The van der Waals surface area contributed by atoms with Gasteiger partial charge in [-0.2, -0.15) is 0 Å². The molecule has 0 radical (unpaired) electrons. The van der Waals surface area contributed by atoms with Crippen LogP contribution in [0.1, 0.15) is 26.3 Å². The molecule has 128 valence electrons. The summed E-state index contributed by atoms with van der Waals surface area (Å²) >= 11 is 0. The van der Waals surface area contributed by atoms with Crippen molar-refractivity contribution in [3.05, 3.63) is 77.1 Å². The van der Waals surface area contributed by atoms with Crippen LogP contribution in [-0.4, -0.2) is 24.9 Å². The number of rotatable bonds is 4. The summed E-state index contributed by atoms with van der Waals surface area (Å²) in [6, 6.07) is 11.8. The van der Waals surface area contributed by atoms with Crippen molar-refractivity contribution in [3.8, 4) is 0 Å². The average molecular weight is 342 g/mol. The predicted octanol–water partition coefficient (Wildman–Crippen LogP) is 2.09. The minimum Gasteiger partial charge on any atom is -0.465 e. The average Bonchev–Trinajstić information content (AvgIpc) is 2.64. The molecule has 0 bridgehead atoms. The molecule has 2 N–H and O–H groups in total. The van der Waals surface area contributed by atoms with E-state index in [9.17, 15) is 18.8 Å². The fourth-order valence-electron chi connectivity index (χ4n) is 1.89. The number of nitrogens with one attached hydrogen (secondary N) is 2. The topological polar surface area (TPSA) is 84.5 Å². The van der Waals surface area contributed by atoms with Crippen LogP contribution in [0.2, 0.25) is 0 Å². The van der Waals surface area contributed by atoms with Crippen LogP contribution in [0.5, 0.6) is 0 Å². The van der Waals surface area contributed by atoms with Gasteiger partial charge >= 0.3 is 5.97 Å². The Bertz CT molecular complexity index is 816. The molecule has 0 saturated heterocycles. The van der Waals surface area contributed by atoms with E-state index in [-0.39, 0.29) is 5.56 Å². The standard InChI is InChI=1S/C18H15FN2O4/c1-25-18(24)13-9-6-12(7-10-13)8-11-16(22)20-21-17(23)14-4-2-3-5-15(14)19/h2-11H,1H3,(H,20,22)(H,21,23)/b11-8+. The molecule has 2 aromatic carbocycles. The minimum absolute atomic E-state index is 0.176. The van der Waals surface area contributed by atoms with Gasteiger partial charge in [-0.3, -0.25) is 20.4 Å². The quantitative estimate of drug-likeness (QED) is 0.506. The molecule has 0 atom stereocenters. The van der Waals surface area contributed by atoms with Crippen LogP contribution in [0.3, 0.4) is 0 Å². The van der Waals surface area contributed by atoms with Gasteiger partial charge in [-0.05, 0) is 35.9 Å². The zero-order valence-electron chi connectivity index (χ0n) is 13.3. The summed E-state index contributed by atoms with van der Waals surface area (Å²) in [6.07, 6.45) is 2.68.